The zero-order valence-electron chi connectivity index (χ0n) is 11.5. The van der Waals surface area contributed by atoms with Gasteiger partial charge in [0.1, 0.15) is 18.2 Å². The van der Waals surface area contributed by atoms with Crippen molar-refractivity contribution in [3.8, 4) is 5.75 Å². The van der Waals surface area contributed by atoms with E-state index in [1.165, 1.54) is 36.4 Å². The van der Waals surface area contributed by atoms with Crippen molar-refractivity contribution in [3.63, 3.8) is 0 Å². The number of aliphatic carboxylic acids is 1. The monoisotopic (exact) mass is 299 g/mol. The van der Waals surface area contributed by atoms with E-state index in [9.17, 15) is 19.1 Å². The molecule has 0 bridgehead atoms. The molecule has 0 saturated carbocycles. The highest BCUT2D eigenvalue weighted by Crippen LogP contribution is 2.15. The van der Waals surface area contributed by atoms with Crippen molar-refractivity contribution in [2.45, 2.75) is 0 Å². The molecule has 112 valence electrons. The minimum atomic E-state index is -1.34. The van der Waals surface area contributed by atoms with E-state index in [1.54, 1.807) is 24.3 Å². The van der Waals surface area contributed by atoms with Gasteiger partial charge in [-0.05, 0) is 35.9 Å². The predicted molar refractivity (Wildman–Crippen MR) is 76.7 cm³/mol. The van der Waals surface area contributed by atoms with E-state index < -0.39 is 12.6 Å². The van der Waals surface area contributed by atoms with Crippen molar-refractivity contribution in [1.82, 2.24) is 0 Å². The first-order valence-corrected chi connectivity index (χ1v) is 6.45. The molecule has 0 aliphatic rings. The van der Waals surface area contributed by atoms with Gasteiger partial charge in [0.25, 0.3) is 0 Å². The molecule has 0 atom stereocenters. The van der Waals surface area contributed by atoms with Crippen LogP contribution in [0.4, 0.5) is 4.39 Å². The number of rotatable bonds is 6. The Morgan fingerprint density at radius 2 is 1.91 bits per heavy atom. The highest BCUT2D eigenvalue weighted by atomic mass is 19.1. The van der Waals surface area contributed by atoms with E-state index in [2.05, 4.69) is 0 Å². The molecule has 5 heteroatoms. The molecule has 0 amide bonds. The summed E-state index contributed by atoms with van der Waals surface area (Å²) in [6.45, 7) is -0.587. The molecule has 0 unspecified atom stereocenters. The minimum absolute atomic E-state index is 0.259. The number of hydrogen-bond donors (Lipinski definition) is 0. The SMILES string of the molecule is O=C([O-])COc1cccc(C(=O)/C=C/c2cccc(F)c2)c1. The van der Waals surface area contributed by atoms with E-state index in [1.807, 2.05) is 0 Å². The molecule has 4 nitrogen and oxygen atoms in total. The lowest BCUT2D eigenvalue weighted by atomic mass is 10.1. The third kappa shape index (κ3) is 4.56. The Morgan fingerprint density at radius 1 is 1.14 bits per heavy atom. The third-order valence-corrected chi connectivity index (χ3v) is 2.75. The summed E-state index contributed by atoms with van der Waals surface area (Å²) in [5.74, 6) is -1.77. The smallest absolute Gasteiger partial charge is 0.185 e. The zero-order chi connectivity index (χ0) is 15.9. The van der Waals surface area contributed by atoms with Crippen LogP contribution in [0.3, 0.4) is 0 Å². The second kappa shape index (κ2) is 7.17. The molecule has 0 aliphatic carbocycles. The molecule has 0 radical (unpaired) electrons. The number of ether oxygens (including phenoxy) is 1. The lowest BCUT2D eigenvalue weighted by molar-refractivity contribution is -0.307. The molecule has 0 fully saturated rings. The Bertz CT molecular complexity index is 722. The van der Waals surface area contributed by atoms with Crippen LogP contribution in [-0.4, -0.2) is 18.4 Å². The van der Waals surface area contributed by atoms with Crippen molar-refractivity contribution in [2.24, 2.45) is 0 Å². The molecule has 0 heterocycles. The van der Waals surface area contributed by atoms with E-state index >= 15 is 0 Å². The summed E-state index contributed by atoms with van der Waals surface area (Å²) in [5.41, 5.74) is 0.904. The number of carboxylic acid groups (broad SMARTS) is 1. The first-order chi connectivity index (χ1) is 10.5. The number of allylic oxidation sites excluding steroid dienone is 1. The maximum absolute atomic E-state index is 13.0. The fraction of sp³-hybridized carbons (Fsp3) is 0.0588. The molecule has 2 rings (SSSR count). The standard InChI is InChI=1S/C17H13FO4/c18-14-5-1-3-12(9-14)7-8-16(19)13-4-2-6-15(10-13)22-11-17(20)21/h1-10H,11H2,(H,20,21)/p-1/b8-7+. The van der Waals surface area contributed by atoms with Crippen molar-refractivity contribution < 1.29 is 23.8 Å². The predicted octanol–water partition coefficient (Wildman–Crippen LogP) is 1.85. The van der Waals surface area contributed by atoms with Gasteiger partial charge in [0, 0.05) is 5.56 Å². The minimum Gasteiger partial charge on any atom is -0.546 e. The normalized spacial score (nSPS) is 10.6. The summed E-state index contributed by atoms with van der Waals surface area (Å²) in [7, 11) is 0. The number of carbonyl (C=O) groups is 2. The summed E-state index contributed by atoms with van der Waals surface area (Å²) in [6, 6.07) is 12.0. The van der Waals surface area contributed by atoms with Crippen LogP contribution in [0.2, 0.25) is 0 Å². The van der Waals surface area contributed by atoms with E-state index in [-0.39, 0.29) is 17.3 Å². The van der Waals surface area contributed by atoms with Crippen LogP contribution >= 0.6 is 0 Å². The number of carboxylic acids is 1. The van der Waals surface area contributed by atoms with Gasteiger partial charge in [-0.15, -0.1) is 0 Å². The molecule has 2 aromatic rings. The van der Waals surface area contributed by atoms with Gasteiger partial charge in [0.05, 0.1) is 5.97 Å². The molecular weight excluding hydrogens is 287 g/mol. The molecular formula is C17H12FO4-. The summed E-state index contributed by atoms with van der Waals surface area (Å²) in [6.07, 6.45) is 2.81. The van der Waals surface area contributed by atoms with Crippen LogP contribution in [0.1, 0.15) is 15.9 Å². The average molecular weight is 299 g/mol. The number of hydrogen-bond acceptors (Lipinski definition) is 4. The van der Waals surface area contributed by atoms with Crippen molar-refractivity contribution in [2.75, 3.05) is 6.61 Å². The number of ketones is 1. The van der Waals surface area contributed by atoms with Gasteiger partial charge in [0.15, 0.2) is 5.78 Å². The van der Waals surface area contributed by atoms with Crippen molar-refractivity contribution in [3.05, 3.63) is 71.6 Å². The summed E-state index contributed by atoms with van der Waals surface area (Å²) in [4.78, 5) is 22.4. The Morgan fingerprint density at radius 3 is 2.64 bits per heavy atom. The summed E-state index contributed by atoms with van der Waals surface area (Å²) < 4.78 is 18.0. The van der Waals surface area contributed by atoms with Crippen LogP contribution in [0, 0.1) is 5.82 Å². The van der Waals surface area contributed by atoms with Gasteiger partial charge in [-0.3, -0.25) is 4.79 Å². The highest BCUT2D eigenvalue weighted by Gasteiger charge is 2.04. The molecule has 0 aliphatic heterocycles. The van der Waals surface area contributed by atoms with E-state index in [0.29, 0.717) is 11.1 Å². The van der Waals surface area contributed by atoms with Gasteiger partial charge in [-0.2, -0.15) is 0 Å². The highest BCUT2D eigenvalue weighted by molar-refractivity contribution is 6.07. The second-order valence-electron chi connectivity index (χ2n) is 4.44. The number of carbonyl (C=O) groups excluding carboxylic acids is 2. The van der Waals surface area contributed by atoms with Crippen molar-refractivity contribution in [1.29, 1.82) is 0 Å². The fourth-order valence-corrected chi connectivity index (χ4v) is 1.76. The Hall–Kier alpha value is -2.95. The Labute approximate surface area is 126 Å². The largest absolute Gasteiger partial charge is 0.546 e. The van der Waals surface area contributed by atoms with Crippen molar-refractivity contribution >= 4 is 17.8 Å². The third-order valence-electron chi connectivity index (χ3n) is 2.75. The molecule has 22 heavy (non-hydrogen) atoms. The lowest BCUT2D eigenvalue weighted by Crippen LogP contribution is -2.28. The molecule has 0 saturated heterocycles. The molecule has 0 aromatic heterocycles. The van der Waals surface area contributed by atoms with Gasteiger partial charge >= 0.3 is 0 Å². The van der Waals surface area contributed by atoms with Crippen LogP contribution in [-0.2, 0) is 4.79 Å². The number of halogens is 1. The summed E-state index contributed by atoms with van der Waals surface area (Å²) >= 11 is 0. The van der Waals surface area contributed by atoms with Crippen LogP contribution in [0.15, 0.2) is 54.6 Å². The Kier molecular flexibility index (Phi) is 5.03. The maximum Gasteiger partial charge on any atom is 0.185 e. The number of benzene rings is 2. The molecule has 0 spiro atoms. The van der Waals surface area contributed by atoms with Gasteiger partial charge < -0.3 is 14.6 Å². The fourth-order valence-electron chi connectivity index (χ4n) is 1.76. The van der Waals surface area contributed by atoms with E-state index in [0.717, 1.165) is 0 Å². The molecule has 0 N–H and O–H groups in total. The quantitative estimate of drug-likeness (QED) is 0.603. The van der Waals surface area contributed by atoms with Gasteiger partial charge in [-0.25, -0.2) is 4.39 Å². The van der Waals surface area contributed by atoms with Gasteiger partial charge in [-0.1, -0.05) is 30.3 Å². The zero-order valence-corrected chi connectivity index (χ0v) is 11.5. The average Bonchev–Trinajstić information content (AvgIpc) is 2.51. The first kappa shape index (κ1) is 15.4. The van der Waals surface area contributed by atoms with Crippen LogP contribution in [0.5, 0.6) is 5.75 Å². The Balaban J connectivity index is 2.09. The molecule has 2 aromatic carbocycles. The first-order valence-electron chi connectivity index (χ1n) is 6.45. The lowest BCUT2D eigenvalue weighted by Gasteiger charge is -2.07. The maximum atomic E-state index is 13.0. The van der Waals surface area contributed by atoms with E-state index in [4.69, 9.17) is 4.74 Å². The topological polar surface area (TPSA) is 66.4 Å². The van der Waals surface area contributed by atoms with Crippen LogP contribution in [0.25, 0.3) is 6.08 Å². The van der Waals surface area contributed by atoms with Gasteiger partial charge in [0.2, 0.25) is 0 Å². The summed E-state index contributed by atoms with van der Waals surface area (Å²) in [5, 5.41) is 10.3. The van der Waals surface area contributed by atoms with Crippen LogP contribution < -0.4 is 9.84 Å². The second-order valence-corrected chi connectivity index (χ2v) is 4.44.